The highest BCUT2D eigenvalue weighted by atomic mass is 19.1. The Morgan fingerprint density at radius 1 is 1.32 bits per heavy atom. The third kappa shape index (κ3) is 5.36. The Morgan fingerprint density at radius 3 is 2.47 bits per heavy atom. The summed E-state index contributed by atoms with van der Waals surface area (Å²) in [6.45, 7) is 2.60. The van der Waals surface area contributed by atoms with E-state index in [0.29, 0.717) is 13.2 Å². The van der Waals surface area contributed by atoms with Crippen molar-refractivity contribution in [2.75, 3.05) is 27.4 Å². The maximum atomic E-state index is 12.7. The van der Waals surface area contributed by atoms with E-state index >= 15 is 0 Å². The largest absolute Gasteiger partial charge is 0.382 e. The fourth-order valence-electron chi connectivity index (χ4n) is 1.62. The van der Waals surface area contributed by atoms with Crippen molar-refractivity contribution < 1.29 is 18.7 Å². The molecule has 0 radical (unpaired) electrons. The number of halogens is 1. The summed E-state index contributed by atoms with van der Waals surface area (Å²) in [5.74, 6) is -0.442. The summed E-state index contributed by atoms with van der Waals surface area (Å²) in [6.07, 6.45) is 0.215. The normalized spacial score (nSPS) is 13.9. The van der Waals surface area contributed by atoms with Gasteiger partial charge in [0.15, 0.2) is 0 Å². The molecule has 1 aromatic rings. The van der Waals surface area contributed by atoms with Crippen LogP contribution < -0.4 is 5.32 Å². The summed E-state index contributed by atoms with van der Waals surface area (Å²) in [6, 6.07) is 5.87. The number of carbonyl (C=O) groups excluding carboxylic acids is 1. The predicted octanol–water partition coefficient (Wildman–Crippen LogP) is 1.54. The molecule has 0 fully saturated rings. The molecule has 0 saturated carbocycles. The lowest BCUT2D eigenvalue weighted by Crippen LogP contribution is -2.45. The van der Waals surface area contributed by atoms with Crippen LogP contribution in [-0.4, -0.2) is 38.9 Å². The number of hydrogen-bond donors (Lipinski definition) is 1. The first kappa shape index (κ1) is 15.6. The van der Waals surface area contributed by atoms with Gasteiger partial charge in [-0.25, -0.2) is 4.39 Å². The minimum Gasteiger partial charge on any atom is -0.382 e. The maximum Gasteiger partial charge on any atom is 0.224 e. The Hall–Kier alpha value is -1.46. The van der Waals surface area contributed by atoms with E-state index in [4.69, 9.17) is 9.47 Å². The van der Waals surface area contributed by atoms with Gasteiger partial charge in [-0.3, -0.25) is 4.79 Å². The summed E-state index contributed by atoms with van der Waals surface area (Å²) in [5, 5.41) is 2.78. The van der Waals surface area contributed by atoms with Gasteiger partial charge in [0.05, 0.1) is 13.0 Å². The Balaban J connectivity index is 2.45. The van der Waals surface area contributed by atoms with Gasteiger partial charge in [-0.1, -0.05) is 12.1 Å². The number of amides is 1. The number of nitrogens with one attached hydrogen (secondary N) is 1. The van der Waals surface area contributed by atoms with Crippen molar-refractivity contribution in [3.8, 4) is 0 Å². The molecular formula is C14H20FNO3. The highest BCUT2D eigenvalue weighted by Gasteiger charge is 2.24. The van der Waals surface area contributed by atoms with E-state index in [0.717, 1.165) is 5.56 Å². The first-order valence-electron chi connectivity index (χ1n) is 6.04. The molecule has 1 N–H and O–H groups in total. The molecular weight excluding hydrogens is 249 g/mol. The minimum absolute atomic E-state index is 0.133. The average molecular weight is 269 g/mol. The molecule has 106 valence electrons. The van der Waals surface area contributed by atoms with Crippen LogP contribution in [0.2, 0.25) is 0 Å². The van der Waals surface area contributed by atoms with E-state index in [1.165, 1.54) is 12.1 Å². The van der Waals surface area contributed by atoms with Crippen LogP contribution in [0, 0.1) is 5.82 Å². The summed E-state index contributed by atoms with van der Waals surface area (Å²) >= 11 is 0. The maximum absolute atomic E-state index is 12.7. The fourth-order valence-corrected chi connectivity index (χ4v) is 1.62. The number of ether oxygens (including phenoxy) is 2. The van der Waals surface area contributed by atoms with E-state index in [1.54, 1.807) is 26.4 Å². The molecule has 19 heavy (non-hydrogen) atoms. The minimum atomic E-state index is -0.548. The van der Waals surface area contributed by atoms with Gasteiger partial charge in [0, 0.05) is 20.8 Å². The van der Waals surface area contributed by atoms with Crippen LogP contribution in [-0.2, 0) is 20.7 Å². The lowest BCUT2D eigenvalue weighted by molar-refractivity contribution is -0.122. The van der Waals surface area contributed by atoms with Gasteiger partial charge in [-0.05, 0) is 24.6 Å². The summed E-state index contributed by atoms with van der Waals surface area (Å²) in [4.78, 5) is 11.8. The van der Waals surface area contributed by atoms with Crippen LogP contribution in [0.25, 0.3) is 0 Å². The average Bonchev–Trinajstić information content (AvgIpc) is 2.40. The van der Waals surface area contributed by atoms with E-state index < -0.39 is 5.60 Å². The fraction of sp³-hybridized carbons (Fsp3) is 0.500. The molecule has 0 heterocycles. The van der Waals surface area contributed by atoms with Gasteiger partial charge in [0.25, 0.3) is 0 Å². The molecule has 0 aliphatic carbocycles. The van der Waals surface area contributed by atoms with E-state index in [2.05, 4.69) is 5.32 Å². The van der Waals surface area contributed by atoms with Crippen LogP contribution in [0.5, 0.6) is 0 Å². The molecule has 0 saturated heterocycles. The zero-order valence-corrected chi connectivity index (χ0v) is 11.5. The lowest BCUT2D eigenvalue weighted by atomic mass is 10.1. The summed E-state index contributed by atoms with van der Waals surface area (Å²) < 4.78 is 23.1. The van der Waals surface area contributed by atoms with Crippen molar-refractivity contribution in [1.29, 1.82) is 0 Å². The molecule has 0 unspecified atom stereocenters. The molecule has 1 atom stereocenters. The third-order valence-corrected chi connectivity index (χ3v) is 2.88. The van der Waals surface area contributed by atoms with Crippen LogP contribution in [0.3, 0.4) is 0 Å². The number of rotatable bonds is 7. The zero-order chi connectivity index (χ0) is 14.3. The number of carbonyl (C=O) groups is 1. The molecule has 1 rings (SSSR count). The van der Waals surface area contributed by atoms with Gasteiger partial charge in [0.2, 0.25) is 5.91 Å². The first-order valence-corrected chi connectivity index (χ1v) is 6.04. The molecule has 0 bridgehead atoms. The van der Waals surface area contributed by atoms with Crippen molar-refractivity contribution in [2.45, 2.75) is 18.9 Å². The predicted molar refractivity (Wildman–Crippen MR) is 70.4 cm³/mol. The Labute approximate surface area is 112 Å². The van der Waals surface area contributed by atoms with Crippen molar-refractivity contribution in [3.05, 3.63) is 35.6 Å². The SMILES string of the molecule is COC[C@](C)(CNC(=O)Cc1ccc(F)cc1)OC. The van der Waals surface area contributed by atoms with Crippen molar-refractivity contribution in [3.63, 3.8) is 0 Å². The van der Waals surface area contributed by atoms with Gasteiger partial charge in [-0.2, -0.15) is 0 Å². The topological polar surface area (TPSA) is 47.6 Å². The summed E-state index contributed by atoms with van der Waals surface area (Å²) in [7, 11) is 3.16. The van der Waals surface area contributed by atoms with Crippen LogP contribution in [0.15, 0.2) is 24.3 Å². The van der Waals surface area contributed by atoms with Crippen molar-refractivity contribution in [2.24, 2.45) is 0 Å². The second-order valence-corrected chi connectivity index (χ2v) is 4.67. The molecule has 0 spiro atoms. The van der Waals surface area contributed by atoms with Gasteiger partial charge >= 0.3 is 0 Å². The van der Waals surface area contributed by atoms with Crippen LogP contribution in [0.4, 0.5) is 4.39 Å². The molecule has 0 aliphatic heterocycles. The smallest absolute Gasteiger partial charge is 0.224 e. The van der Waals surface area contributed by atoms with Gasteiger partial charge < -0.3 is 14.8 Å². The van der Waals surface area contributed by atoms with Crippen LogP contribution in [0.1, 0.15) is 12.5 Å². The lowest BCUT2D eigenvalue weighted by Gasteiger charge is -2.27. The van der Waals surface area contributed by atoms with Crippen molar-refractivity contribution >= 4 is 5.91 Å². The second kappa shape index (κ2) is 7.21. The van der Waals surface area contributed by atoms with Crippen LogP contribution >= 0.6 is 0 Å². The van der Waals surface area contributed by atoms with Gasteiger partial charge in [-0.15, -0.1) is 0 Å². The number of methoxy groups -OCH3 is 2. The molecule has 4 nitrogen and oxygen atoms in total. The molecule has 0 aliphatic rings. The molecule has 0 aromatic heterocycles. The molecule has 1 amide bonds. The highest BCUT2D eigenvalue weighted by molar-refractivity contribution is 5.78. The zero-order valence-electron chi connectivity index (χ0n) is 11.5. The third-order valence-electron chi connectivity index (χ3n) is 2.88. The second-order valence-electron chi connectivity index (χ2n) is 4.67. The van der Waals surface area contributed by atoms with Gasteiger partial charge in [0.1, 0.15) is 11.4 Å². The quantitative estimate of drug-likeness (QED) is 0.816. The highest BCUT2D eigenvalue weighted by Crippen LogP contribution is 2.08. The number of benzene rings is 1. The Kier molecular flexibility index (Phi) is 5.92. The molecule has 5 heteroatoms. The standard InChI is InChI=1S/C14H20FNO3/c1-14(19-3,10-18-2)9-16-13(17)8-11-4-6-12(15)7-5-11/h4-7H,8-10H2,1-3H3,(H,16,17)/t14-/m0/s1. The summed E-state index contributed by atoms with van der Waals surface area (Å²) in [5.41, 5.74) is 0.220. The first-order chi connectivity index (χ1) is 8.99. The number of hydrogen-bond acceptors (Lipinski definition) is 3. The Bertz CT molecular complexity index is 408. The van der Waals surface area contributed by atoms with E-state index in [-0.39, 0.29) is 18.1 Å². The van der Waals surface area contributed by atoms with E-state index in [1.807, 2.05) is 6.92 Å². The molecule has 1 aromatic carbocycles. The monoisotopic (exact) mass is 269 g/mol. The van der Waals surface area contributed by atoms with E-state index in [9.17, 15) is 9.18 Å². The van der Waals surface area contributed by atoms with Crippen molar-refractivity contribution in [1.82, 2.24) is 5.32 Å². The Morgan fingerprint density at radius 2 is 1.95 bits per heavy atom.